The zero-order valence-corrected chi connectivity index (χ0v) is 15.4. The Labute approximate surface area is 155 Å². The maximum absolute atomic E-state index is 11.9. The Hall–Kier alpha value is -2.29. The number of ether oxygens (including phenoxy) is 2. The van der Waals surface area contributed by atoms with E-state index in [0.29, 0.717) is 10.6 Å². The fourth-order valence-corrected chi connectivity index (χ4v) is 3.24. The van der Waals surface area contributed by atoms with E-state index in [-0.39, 0.29) is 12.5 Å². The van der Waals surface area contributed by atoms with Crippen LogP contribution in [-0.4, -0.2) is 54.7 Å². The smallest absolute Gasteiger partial charge is 0.350 e. The SMILES string of the molecule is Cc1ncc(C(=O)OCC(=O)Nc2ccc(CN3CCOCC3)cc2)s1. The van der Waals surface area contributed by atoms with Crippen LogP contribution >= 0.6 is 11.3 Å². The van der Waals surface area contributed by atoms with Crippen LogP contribution in [0.1, 0.15) is 20.2 Å². The Balaban J connectivity index is 1.44. The number of nitrogens with zero attached hydrogens (tertiary/aromatic N) is 2. The molecule has 0 aliphatic carbocycles. The minimum atomic E-state index is -0.536. The number of hydrogen-bond acceptors (Lipinski definition) is 7. The molecule has 7 nitrogen and oxygen atoms in total. The van der Waals surface area contributed by atoms with Gasteiger partial charge in [0, 0.05) is 25.3 Å². The molecule has 0 bridgehead atoms. The number of rotatable bonds is 6. The van der Waals surface area contributed by atoms with Crippen LogP contribution in [0.25, 0.3) is 0 Å². The summed E-state index contributed by atoms with van der Waals surface area (Å²) in [6.07, 6.45) is 1.45. The highest BCUT2D eigenvalue weighted by atomic mass is 32.1. The lowest BCUT2D eigenvalue weighted by molar-refractivity contribution is -0.119. The van der Waals surface area contributed by atoms with Crippen molar-refractivity contribution in [3.8, 4) is 0 Å². The second-order valence-corrected chi connectivity index (χ2v) is 7.19. The first kappa shape index (κ1) is 18.5. The van der Waals surface area contributed by atoms with Gasteiger partial charge in [-0.1, -0.05) is 12.1 Å². The number of aromatic nitrogens is 1. The van der Waals surface area contributed by atoms with E-state index in [1.165, 1.54) is 23.1 Å². The van der Waals surface area contributed by atoms with Crippen LogP contribution in [0.2, 0.25) is 0 Å². The van der Waals surface area contributed by atoms with Crippen molar-refractivity contribution >= 4 is 28.9 Å². The van der Waals surface area contributed by atoms with E-state index in [0.717, 1.165) is 37.9 Å². The molecule has 2 aromatic rings. The highest BCUT2D eigenvalue weighted by Crippen LogP contribution is 2.14. The number of thiazole rings is 1. The van der Waals surface area contributed by atoms with Gasteiger partial charge >= 0.3 is 5.97 Å². The second-order valence-electron chi connectivity index (χ2n) is 5.95. The lowest BCUT2D eigenvalue weighted by Gasteiger charge is -2.26. The number of esters is 1. The van der Waals surface area contributed by atoms with Crippen LogP contribution in [0.15, 0.2) is 30.5 Å². The summed E-state index contributed by atoms with van der Waals surface area (Å²) < 4.78 is 10.3. The third-order valence-corrected chi connectivity index (χ3v) is 4.80. The molecule has 1 aromatic heterocycles. The minimum Gasteiger partial charge on any atom is -0.451 e. The van der Waals surface area contributed by atoms with E-state index in [9.17, 15) is 9.59 Å². The third-order valence-electron chi connectivity index (χ3n) is 3.90. The Morgan fingerprint density at radius 3 is 2.65 bits per heavy atom. The van der Waals surface area contributed by atoms with Crippen LogP contribution in [0.4, 0.5) is 5.69 Å². The molecule has 1 aliphatic rings. The number of morpholine rings is 1. The van der Waals surface area contributed by atoms with Crippen LogP contribution in [0.3, 0.4) is 0 Å². The molecular weight excluding hydrogens is 354 g/mol. The number of anilines is 1. The Bertz CT molecular complexity index is 754. The van der Waals surface area contributed by atoms with Crippen LogP contribution < -0.4 is 5.32 Å². The van der Waals surface area contributed by atoms with Gasteiger partial charge in [-0.05, 0) is 24.6 Å². The van der Waals surface area contributed by atoms with Gasteiger partial charge in [-0.3, -0.25) is 9.69 Å². The van der Waals surface area contributed by atoms with Crippen molar-refractivity contribution in [2.75, 3.05) is 38.2 Å². The van der Waals surface area contributed by atoms with E-state index in [4.69, 9.17) is 9.47 Å². The van der Waals surface area contributed by atoms with Gasteiger partial charge < -0.3 is 14.8 Å². The number of hydrogen-bond donors (Lipinski definition) is 1. The lowest BCUT2D eigenvalue weighted by atomic mass is 10.2. The maximum Gasteiger partial charge on any atom is 0.350 e. The largest absolute Gasteiger partial charge is 0.451 e. The van der Waals surface area contributed by atoms with Crippen molar-refractivity contribution in [3.63, 3.8) is 0 Å². The Morgan fingerprint density at radius 2 is 2.00 bits per heavy atom. The molecule has 1 aromatic carbocycles. The highest BCUT2D eigenvalue weighted by Gasteiger charge is 2.13. The third kappa shape index (κ3) is 5.35. The molecule has 0 spiro atoms. The first-order chi connectivity index (χ1) is 12.6. The number of benzene rings is 1. The summed E-state index contributed by atoms with van der Waals surface area (Å²) in [5.74, 6) is -0.910. The molecule has 138 valence electrons. The summed E-state index contributed by atoms with van der Waals surface area (Å²) in [6, 6.07) is 7.67. The summed E-state index contributed by atoms with van der Waals surface area (Å²) in [6.45, 7) is 5.75. The molecule has 1 saturated heterocycles. The number of carbonyl (C=O) groups excluding carboxylic acids is 2. The zero-order valence-electron chi connectivity index (χ0n) is 14.6. The molecule has 2 heterocycles. The highest BCUT2D eigenvalue weighted by molar-refractivity contribution is 7.13. The van der Waals surface area contributed by atoms with E-state index >= 15 is 0 Å². The number of carbonyl (C=O) groups is 2. The predicted octanol–water partition coefficient (Wildman–Crippen LogP) is 2.08. The lowest BCUT2D eigenvalue weighted by Crippen LogP contribution is -2.35. The summed E-state index contributed by atoms with van der Waals surface area (Å²) in [5, 5.41) is 3.50. The first-order valence-corrected chi connectivity index (χ1v) is 9.20. The Morgan fingerprint density at radius 1 is 1.27 bits per heavy atom. The van der Waals surface area contributed by atoms with Crippen molar-refractivity contribution in [1.82, 2.24) is 9.88 Å². The fourth-order valence-electron chi connectivity index (χ4n) is 2.57. The number of nitrogens with one attached hydrogen (secondary N) is 1. The molecule has 0 atom stereocenters. The molecule has 1 N–H and O–H groups in total. The predicted molar refractivity (Wildman–Crippen MR) is 98.3 cm³/mol. The molecule has 8 heteroatoms. The molecule has 0 unspecified atom stereocenters. The molecular formula is C18H21N3O4S. The van der Waals surface area contributed by atoms with Gasteiger partial charge in [-0.25, -0.2) is 9.78 Å². The normalized spacial score (nSPS) is 14.8. The summed E-state index contributed by atoms with van der Waals surface area (Å²) in [7, 11) is 0. The molecule has 3 rings (SSSR count). The average molecular weight is 375 g/mol. The molecule has 1 fully saturated rings. The van der Waals surface area contributed by atoms with E-state index < -0.39 is 5.97 Å². The van der Waals surface area contributed by atoms with Crippen molar-refractivity contribution in [3.05, 3.63) is 45.9 Å². The molecule has 0 radical (unpaired) electrons. The van der Waals surface area contributed by atoms with Crippen molar-refractivity contribution < 1.29 is 19.1 Å². The number of aryl methyl sites for hydroxylation is 1. The van der Waals surface area contributed by atoms with Gasteiger partial charge in [-0.2, -0.15) is 0 Å². The van der Waals surface area contributed by atoms with Gasteiger partial charge in [0.2, 0.25) is 0 Å². The van der Waals surface area contributed by atoms with Crippen molar-refractivity contribution in [2.45, 2.75) is 13.5 Å². The second kappa shape index (κ2) is 8.88. The standard InChI is InChI=1S/C18H21N3O4S/c1-13-19-10-16(26-13)18(23)25-12-17(22)20-15-4-2-14(3-5-15)11-21-6-8-24-9-7-21/h2-5,10H,6-9,11-12H2,1H3,(H,20,22). The summed E-state index contributed by atoms with van der Waals surface area (Å²) >= 11 is 1.24. The van der Waals surface area contributed by atoms with E-state index in [1.807, 2.05) is 24.3 Å². The van der Waals surface area contributed by atoms with E-state index in [1.54, 1.807) is 6.92 Å². The number of amides is 1. The first-order valence-electron chi connectivity index (χ1n) is 8.38. The average Bonchev–Trinajstić information content (AvgIpc) is 3.09. The monoisotopic (exact) mass is 375 g/mol. The summed E-state index contributed by atoms with van der Waals surface area (Å²) in [5.41, 5.74) is 1.85. The molecule has 26 heavy (non-hydrogen) atoms. The summed E-state index contributed by atoms with van der Waals surface area (Å²) in [4.78, 5) is 30.4. The molecule has 1 aliphatic heterocycles. The van der Waals surface area contributed by atoms with Crippen LogP contribution in [0, 0.1) is 6.92 Å². The van der Waals surface area contributed by atoms with Gasteiger partial charge in [0.1, 0.15) is 4.88 Å². The van der Waals surface area contributed by atoms with Gasteiger partial charge in [0.25, 0.3) is 5.91 Å². The van der Waals surface area contributed by atoms with Crippen LogP contribution in [-0.2, 0) is 20.8 Å². The van der Waals surface area contributed by atoms with Gasteiger partial charge in [-0.15, -0.1) is 11.3 Å². The molecule has 1 amide bonds. The minimum absolute atomic E-state index is 0.328. The van der Waals surface area contributed by atoms with E-state index in [2.05, 4.69) is 15.2 Å². The Kier molecular flexibility index (Phi) is 6.32. The van der Waals surface area contributed by atoms with Crippen molar-refractivity contribution in [1.29, 1.82) is 0 Å². The maximum atomic E-state index is 11.9. The van der Waals surface area contributed by atoms with Gasteiger partial charge in [0.15, 0.2) is 6.61 Å². The molecule has 0 saturated carbocycles. The van der Waals surface area contributed by atoms with Crippen LogP contribution in [0.5, 0.6) is 0 Å². The zero-order chi connectivity index (χ0) is 18.4. The van der Waals surface area contributed by atoms with Crippen molar-refractivity contribution in [2.24, 2.45) is 0 Å². The van der Waals surface area contributed by atoms with Gasteiger partial charge in [0.05, 0.1) is 24.4 Å². The fraction of sp³-hybridized carbons (Fsp3) is 0.389. The topological polar surface area (TPSA) is 80.8 Å². The quantitative estimate of drug-likeness (QED) is 0.779.